The van der Waals surface area contributed by atoms with Crippen molar-refractivity contribution in [2.24, 2.45) is 17.8 Å². The van der Waals surface area contributed by atoms with E-state index in [2.05, 4.69) is 31.9 Å². The molecule has 3 fully saturated rings. The van der Waals surface area contributed by atoms with Gasteiger partial charge in [-0.3, -0.25) is 14.7 Å². The van der Waals surface area contributed by atoms with Gasteiger partial charge in [-0.25, -0.2) is 19.2 Å². The minimum absolute atomic E-state index is 0.162. The highest BCUT2D eigenvalue weighted by molar-refractivity contribution is 5.89. The molecular weight excluding hydrogens is 644 g/mol. The molecule has 4 aliphatic rings. The zero-order valence-electron chi connectivity index (χ0n) is 30.7. The first kappa shape index (κ1) is 37.1. The number of hydrogen-bond acceptors (Lipinski definition) is 9. The van der Waals surface area contributed by atoms with Gasteiger partial charge in [0.15, 0.2) is 5.60 Å². The van der Waals surface area contributed by atoms with Crippen molar-refractivity contribution in [1.29, 1.82) is 0 Å². The van der Waals surface area contributed by atoms with Crippen LogP contribution >= 0.6 is 0 Å². The molecule has 2 aliphatic heterocycles. The molecule has 0 radical (unpaired) electrons. The third kappa shape index (κ3) is 9.55. The summed E-state index contributed by atoms with van der Waals surface area (Å²) in [6.45, 7) is 18.2. The van der Waals surface area contributed by atoms with Gasteiger partial charge in [-0.1, -0.05) is 6.08 Å². The van der Waals surface area contributed by atoms with Crippen LogP contribution in [0.4, 0.5) is 20.2 Å². The minimum Gasteiger partial charge on any atom is -0.444 e. The Morgan fingerprint density at radius 3 is 2.10 bits per heavy atom. The van der Waals surface area contributed by atoms with Gasteiger partial charge in [0.05, 0.1) is 0 Å². The first-order chi connectivity index (χ1) is 23.3. The van der Waals surface area contributed by atoms with E-state index in [1.165, 1.54) is 0 Å². The fourth-order valence-electron chi connectivity index (χ4n) is 7.03. The summed E-state index contributed by atoms with van der Waals surface area (Å²) in [6, 6.07) is 1.42. The third-order valence-electron chi connectivity index (χ3n) is 9.51. The van der Waals surface area contributed by atoms with Gasteiger partial charge in [0.2, 0.25) is 0 Å². The lowest BCUT2D eigenvalue weighted by atomic mass is 9.92. The van der Waals surface area contributed by atoms with Gasteiger partial charge in [0.1, 0.15) is 11.4 Å². The van der Waals surface area contributed by atoms with E-state index >= 15 is 0 Å². The minimum atomic E-state index is -1.37. The molecule has 3 atom stereocenters. The highest BCUT2D eigenvalue weighted by Crippen LogP contribution is 2.46. The summed E-state index contributed by atoms with van der Waals surface area (Å²) in [5.74, 6) is 1.29. The fraction of sp³-hybridized carbons (Fsp3) is 0.714. The van der Waals surface area contributed by atoms with Crippen LogP contribution in [0, 0.1) is 17.8 Å². The van der Waals surface area contributed by atoms with Crippen molar-refractivity contribution >= 4 is 35.6 Å². The average molecular weight is 699 g/mol. The van der Waals surface area contributed by atoms with Crippen LogP contribution in [0.5, 0.6) is 0 Å². The quantitative estimate of drug-likeness (QED) is 0.387. The van der Waals surface area contributed by atoms with E-state index in [4.69, 9.17) is 9.47 Å². The van der Waals surface area contributed by atoms with Crippen LogP contribution < -0.4 is 21.6 Å². The Bertz CT molecular complexity index is 1540. The molecular formula is C35H54N8O7. The number of aromatic nitrogens is 2. The lowest BCUT2D eigenvalue weighted by molar-refractivity contribution is -0.149. The molecule has 3 N–H and O–H groups in total. The fourth-order valence-corrected chi connectivity index (χ4v) is 7.03. The molecule has 1 aromatic rings. The Morgan fingerprint density at radius 1 is 0.900 bits per heavy atom. The standard InChI is InChI=1S/C35H54N8O7/c1-33(2,3)39-32(48)50-35(7,8)28(44)41-15-17-42(18-16-41)29(45)36-26-13-14-43(30(46)37-26)23-11-9-22(10-12-23)19-40-20-24-25(21-40)27(24)38-31(47)49-34(4,5)6/h11,13-14,22,24-25,27H,9-10,12,15-21H2,1-8H3,(H,38,47)(H,39,48)(H,36,37,45,46). The number of ether oxygens (including phenoxy) is 2. The second-order valence-corrected chi connectivity index (χ2v) is 16.5. The zero-order chi connectivity index (χ0) is 36.6. The van der Waals surface area contributed by atoms with E-state index in [1.54, 1.807) is 40.5 Å². The third-order valence-corrected chi connectivity index (χ3v) is 9.51. The van der Waals surface area contributed by atoms with E-state index in [0.29, 0.717) is 17.8 Å². The lowest BCUT2D eigenvalue weighted by Gasteiger charge is -2.38. The Morgan fingerprint density at radius 2 is 1.54 bits per heavy atom. The van der Waals surface area contributed by atoms with E-state index in [-0.39, 0.29) is 50.0 Å². The van der Waals surface area contributed by atoms with Crippen LogP contribution in [0.2, 0.25) is 0 Å². The second-order valence-electron chi connectivity index (χ2n) is 16.5. The number of piperazine rings is 1. The van der Waals surface area contributed by atoms with Gasteiger partial charge in [0, 0.05) is 69.3 Å². The normalized spacial score (nSPS) is 24.1. The molecule has 50 heavy (non-hydrogen) atoms. The summed E-state index contributed by atoms with van der Waals surface area (Å²) in [4.78, 5) is 73.1. The first-order valence-electron chi connectivity index (χ1n) is 17.7. The van der Waals surface area contributed by atoms with Crippen molar-refractivity contribution in [3.05, 3.63) is 28.8 Å². The first-order valence-corrected chi connectivity index (χ1v) is 17.7. The number of allylic oxidation sites excluding steroid dienone is 2. The van der Waals surface area contributed by atoms with Crippen molar-refractivity contribution in [3.63, 3.8) is 0 Å². The number of fused-ring (bicyclic) bond motifs is 1. The van der Waals surface area contributed by atoms with Gasteiger partial charge in [-0.15, -0.1) is 0 Å². The molecule has 276 valence electrons. The molecule has 3 unspecified atom stereocenters. The number of amides is 5. The van der Waals surface area contributed by atoms with Gasteiger partial charge in [-0.05, 0) is 98.5 Å². The second kappa shape index (κ2) is 14.2. The van der Waals surface area contributed by atoms with Crippen molar-refractivity contribution in [3.8, 4) is 0 Å². The van der Waals surface area contributed by atoms with E-state index in [1.807, 2.05) is 41.5 Å². The van der Waals surface area contributed by atoms with Crippen LogP contribution in [-0.2, 0) is 14.3 Å². The number of nitrogens with zero attached hydrogens (tertiary/aromatic N) is 5. The number of hydrogen-bond donors (Lipinski definition) is 3. The van der Waals surface area contributed by atoms with E-state index < -0.39 is 34.6 Å². The van der Waals surface area contributed by atoms with Crippen molar-refractivity contribution < 1.29 is 28.7 Å². The van der Waals surface area contributed by atoms with Crippen LogP contribution in [0.25, 0.3) is 5.70 Å². The van der Waals surface area contributed by atoms with Crippen LogP contribution in [0.3, 0.4) is 0 Å². The van der Waals surface area contributed by atoms with Crippen LogP contribution in [-0.4, -0.2) is 117 Å². The number of likely N-dealkylation sites (tertiary alicyclic amines) is 1. The summed E-state index contributed by atoms with van der Waals surface area (Å²) in [6.07, 6.45) is 5.34. The molecule has 3 heterocycles. The molecule has 5 amide bonds. The number of carbonyl (C=O) groups is 4. The Hall–Kier alpha value is -4.14. The summed E-state index contributed by atoms with van der Waals surface area (Å²) >= 11 is 0. The van der Waals surface area contributed by atoms with Crippen molar-refractivity contribution in [2.45, 2.75) is 97.4 Å². The van der Waals surface area contributed by atoms with Crippen LogP contribution in [0.15, 0.2) is 23.1 Å². The van der Waals surface area contributed by atoms with Gasteiger partial charge >= 0.3 is 23.9 Å². The van der Waals surface area contributed by atoms with E-state index in [0.717, 1.165) is 44.6 Å². The molecule has 0 bridgehead atoms. The summed E-state index contributed by atoms with van der Waals surface area (Å²) < 4.78 is 12.4. The zero-order valence-corrected chi connectivity index (χ0v) is 30.7. The summed E-state index contributed by atoms with van der Waals surface area (Å²) in [5, 5.41) is 8.43. The predicted octanol–water partition coefficient (Wildman–Crippen LogP) is 3.32. The Labute approximate surface area is 294 Å². The summed E-state index contributed by atoms with van der Waals surface area (Å²) in [5.41, 5.74) is -1.92. The number of piperidine rings is 1. The maximum absolute atomic E-state index is 13.1. The molecule has 15 heteroatoms. The molecule has 2 aliphatic carbocycles. The Balaban J connectivity index is 1.04. The largest absolute Gasteiger partial charge is 0.444 e. The van der Waals surface area contributed by atoms with Crippen molar-refractivity contribution in [2.75, 3.05) is 51.1 Å². The van der Waals surface area contributed by atoms with Gasteiger partial charge < -0.3 is 34.8 Å². The lowest BCUT2D eigenvalue weighted by Crippen LogP contribution is -2.57. The summed E-state index contributed by atoms with van der Waals surface area (Å²) in [7, 11) is 0. The number of urea groups is 1. The molecule has 1 saturated carbocycles. The molecule has 1 aromatic heterocycles. The maximum Gasteiger partial charge on any atom is 0.408 e. The van der Waals surface area contributed by atoms with Gasteiger partial charge in [0.25, 0.3) is 5.91 Å². The van der Waals surface area contributed by atoms with E-state index in [9.17, 15) is 24.0 Å². The number of anilines is 1. The topological polar surface area (TPSA) is 167 Å². The number of nitrogens with one attached hydrogen (secondary N) is 3. The molecule has 0 spiro atoms. The average Bonchev–Trinajstić information content (AvgIpc) is 3.42. The monoisotopic (exact) mass is 698 g/mol. The van der Waals surface area contributed by atoms with Crippen LogP contribution in [0.1, 0.15) is 74.7 Å². The molecule has 2 saturated heterocycles. The number of alkyl carbamates (subject to hydrolysis) is 2. The SMILES string of the molecule is CC(C)(C)NC(=O)OC(C)(C)C(=O)N1CCN(C(=O)Nc2ccn(C3=CCC(CN4CC5C(C4)C5NC(=O)OC(C)(C)C)CC3)c(=O)n2)CC1. The molecule has 5 rings (SSSR count). The molecule has 15 nitrogen and oxygen atoms in total. The maximum atomic E-state index is 13.1. The highest BCUT2D eigenvalue weighted by atomic mass is 16.6. The predicted molar refractivity (Wildman–Crippen MR) is 187 cm³/mol. The molecule has 0 aromatic carbocycles. The van der Waals surface area contributed by atoms with Crippen molar-refractivity contribution in [1.82, 2.24) is 34.9 Å². The number of carbonyl (C=O) groups excluding carboxylic acids is 4. The van der Waals surface area contributed by atoms with Gasteiger partial charge in [-0.2, -0.15) is 4.98 Å². The highest BCUT2D eigenvalue weighted by Gasteiger charge is 2.56. The smallest absolute Gasteiger partial charge is 0.408 e. The Kier molecular flexibility index (Phi) is 10.6. The number of rotatable bonds is 7.